The van der Waals surface area contributed by atoms with Gasteiger partial charge in [-0.25, -0.2) is 0 Å². The van der Waals surface area contributed by atoms with Crippen LogP contribution >= 0.6 is 0 Å². The van der Waals surface area contributed by atoms with Crippen molar-refractivity contribution in [1.29, 1.82) is 0 Å². The molecule has 1 heterocycles. The fourth-order valence-corrected chi connectivity index (χ4v) is 3.08. The first-order chi connectivity index (χ1) is 8.36. The van der Waals surface area contributed by atoms with E-state index in [2.05, 4.69) is 18.2 Å². The lowest BCUT2D eigenvalue weighted by molar-refractivity contribution is 0.172. The molecule has 0 amide bonds. The van der Waals surface area contributed by atoms with Crippen molar-refractivity contribution in [3.05, 3.63) is 29.3 Å². The predicted molar refractivity (Wildman–Crippen MR) is 69.2 cm³/mol. The highest BCUT2D eigenvalue weighted by molar-refractivity contribution is 5.39. The van der Waals surface area contributed by atoms with Crippen molar-refractivity contribution in [2.24, 2.45) is 17.6 Å². The van der Waals surface area contributed by atoms with E-state index in [1.807, 2.05) is 0 Å². The second kappa shape index (κ2) is 4.69. The molecule has 1 saturated carbocycles. The molecule has 0 radical (unpaired) electrons. The Bertz CT molecular complexity index is 400. The molecule has 2 heteroatoms. The van der Waals surface area contributed by atoms with Gasteiger partial charge in [0.15, 0.2) is 0 Å². The number of hydrogen-bond acceptors (Lipinski definition) is 2. The summed E-state index contributed by atoms with van der Waals surface area (Å²) < 4.78 is 5.53. The van der Waals surface area contributed by atoms with Crippen molar-refractivity contribution in [2.75, 3.05) is 13.2 Å². The van der Waals surface area contributed by atoms with Crippen LogP contribution in [0.25, 0.3) is 0 Å². The minimum Gasteiger partial charge on any atom is -0.493 e. The maximum Gasteiger partial charge on any atom is 0.122 e. The Balaban J connectivity index is 1.58. The van der Waals surface area contributed by atoms with Crippen LogP contribution < -0.4 is 10.5 Å². The quantitative estimate of drug-likeness (QED) is 0.864. The minimum atomic E-state index is 0.799. The van der Waals surface area contributed by atoms with Crippen LogP contribution in [-0.2, 0) is 12.8 Å². The Labute approximate surface area is 103 Å². The second-order valence-corrected chi connectivity index (χ2v) is 5.41. The van der Waals surface area contributed by atoms with Gasteiger partial charge in [0, 0.05) is 6.42 Å². The minimum absolute atomic E-state index is 0.799. The van der Waals surface area contributed by atoms with Gasteiger partial charge in [0.05, 0.1) is 6.61 Å². The number of hydrogen-bond donors (Lipinski definition) is 1. The molecule has 2 nitrogen and oxygen atoms in total. The van der Waals surface area contributed by atoms with Crippen LogP contribution in [0.1, 0.15) is 30.4 Å². The van der Waals surface area contributed by atoms with Gasteiger partial charge in [0.1, 0.15) is 5.75 Å². The van der Waals surface area contributed by atoms with E-state index in [0.717, 1.165) is 37.2 Å². The third-order valence-corrected chi connectivity index (χ3v) is 4.44. The normalized spacial score (nSPS) is 26.2. The van der Waals surface area contributed by atoms with Gasteiger partial charge in [0.2, 0.25) is 0 Å². The molecule has 1 fully saturated rings. The molecule has 0 saturated heterocycles. The molecular weight excluding hydrogens is 210 g/mol. The standard InChI is InChI=1S/C15H21NO/c16-10-14-5-4-12(14)3-1-11-2-6-15-13(9-11)7-8-17-15/h2,6,9,12,14H,1,3-5,7-8,10,16H2. The number of aryl methyl sites for hydroxylation is 1. The SMILES string of the molecule is NCC1CCC1CCc1ccc2c(c1)CCO2. The Hall–Kier alpha value is -1.02. The highest BCUT2D eigenvalue weighted by Gasteiger charge is 2.28. The second-order valence-electron chi connectivity index (χ2n) is 5.41. The molecule has 0 spiro atoms. The first-order valence-electron chi connectivity index (χ1n) is 6.81. The molecule has 2 unspecified atom stereocenters. The predicted octanol–water partition coefficient (Wildman–Crippen LogP) is 2.54. The van der Waals surface area contributed by atoms with Crippen molar-refractivity contribution in [1.82, 2.24) is 0 Å². The maximum atomic E-state index is 5.75. The number of benzene rings is 1. The van der Waals surface area contributed by atoms with E-state index >= 15 is 0 Å². The fraction of sp³-hybridized carbons (Fsp3) is 0.600. The first kappa shape index (κ1) is 11.1. The average Bonchev–Trinajstić information content (AvgIpc) is 2.75. The monoisotopic (exact) mass is 231 g/mol. The zero-order valence-corrected chi connectivity index (χ0v) is 10.3. The fourth-order valence-electron chi connectivity index (χ4n) is 3.08. The van der Waals surface area contributed by atoms with E-state index in [1.165, 1.54) is 36.8 Å². The van der Waals surface area contributed by atoms with E-state index in [9.17, 15) is 0 Å². The van der Waals surface area contributed by atoms with Gasteiger partial charge < -0.3 is 10.5 Å². The molecule has 0 aromatic heterocycles. The van der Waals surface area contributed by atoms with Crippen LogP contribution in [0, 0.1) is 11.8 Å². The highest BCUT2D eigenvalue weighted by Crippen LogP contribution is 2.37. The average molecular weight is 231 g/mol. The summed E-state index contributed by atoms with van der Waals surface area (Å²) in [5.74, 6) is 2.77. The maximum absolute atomic E-state index is 5.75. The molecule has 1 aromatic carbocycles. The first-order valence-corrected chi connectivity index (χ1v) is 6.81. The molecule has 0 bridgehead atoms. The molecule has 1 aliphatic heterocycles. The largest absolute Gasteiger partial charge is 0.493 e. The van der Waals surface area contributed by atoms with Crippen LogP contribution in [0.4, 0.5) is 0 Å². The smallest absolute Gasteiger partial charge is 0.122 e. The summed E-state index contributed by atoms with van der Waals surface area (Å²) in [5.41, 5.74) is 8.61. The Morgan fingerprint density at radius 1 is 1.24 bits per heavy atom. The van der Waals surface area contributed by atoms with Crippen LogP contribution in [0.2, 0.25) is 0 Å². The lowest BCUT2D eigenvalue weighted by atomic mass is 9.71. The van der Waals surface area contributed by atoms with Gasteiger partial charge in [-0.2, -0.15) is 0 Å². The third kappa shape index (κ3) is 2.19. The molecule has 2 atom stereocenters. The van der Waals surface area contributed by atoms with Gasteiger partial charge in [-0.05, 0) is 61.3 Å². The summed E-state index contributed by atoms with van der Waals surface area (Å²) in [6, 6.07) is 6.69. The number of ether oxygens (including phenoxy) is 1. The highest BCUT2D eigenvalue weighted by atomic mass is 16.5. The van der Waals surface area contributed by atoms with E-state index in [-0.39, 0.29) is 0 Å². The molecular formula is C15H21NO. The van der Waals surface area contributed by atoms with Crippen molar-refractivity contribution in [3.63, 3.8) is 0 Å². The molecule has 1 aliphatic carbocycles. The summed E-state index contributed by atoms with van der Waals surface area (Å²) in [6.45, 7) is 1.74. The van der Waals surface area contributed by atoms with Crippen molar-refractivity contribution >= 4 is 0 Å². The molecule has 17 heavy (non-hydrogen) atoms. The lowest BCUT2D eigenvalue weighted by Crippen LogP contribution is -2.32. The summed E-state index contributed by atoms with van der Waals surface area (Å²) in [5, 5.41) is 0. The van der Waals surface area contributed by atoms with Gasteiger partial charge in [-0.15, -0.1) is 0 Å². The van der Waals surface area contributed by atoms with Crippen molar-refractivity contribution in [2.45, 2.75) is 32.1 Å². The molecule has 3 rings (SSSR count). The number of rotatable bonds is 4. The number of fused-ring (bicyclic) bond motifs is 1. The summed E-state index contributed by atoms with van der Waals surface area (Å²) in [6.07, 6.45) is 6.32. The third-order valence-electron chi connectivity index (χ3n) is 4.44. The Kier molecular flexibility index (Phi) is 3.06. The topological polar surface area (TPSA) is 35.2 Å². The van der Waals surface area contributed by atoms with Gasteiger partial charge in [-0.3, -0.25) is 0 Å². The van der Waals surface area contributed by atoms with Crippen molar-refractivity contribution < 1.29 is 4.74 Å². The van der Waals surface area contributed by atoms with Crippen LogP contribution in [-0.4, -0.2) is 13.2 Å². The summed E-state index contributed by atoms with van der Waals surface area (Å²) >= 11 is 0. The van der Waals surface area contributed by atoms with E-state index < -0.39 is 0 Å². The van der Waals surface area contributed by atoms with Crippen molar-refractivity contribution in [3.8, 4) is 5.75 Å². The zero-order valence-electron chi connectivity index (χ0n) is 10.3. The summed E-state index contributed by atoms with van der Waals surface area (Å²) in [7, 11) is 0. The van der Waals surface area contributed by atoms with E-state index in [0.29, 0.717) is 0 Å². The molecule has 92 valence electrons. The molecule has 2 aliphatic rings. The van der Waals surface area contributed by atoms with E-state index in [4.69, 9.17) is 10.5 Å². The van der Waals surface area contributed by atoms with E-state index in [1.54, 1.807) is 0 Å². The Morgan fingerprint density at radius 2 is 2.12 bits per heavy atom. The van der Waals surface area contributed by atoms with Crippen LogP contribution in [0.15, 0.2) is 18.2 Å². The molecule has 2 N–H and O–H groups in total. The number of nitrogens with two attached hydrogens (primary N) is 1. The van der Waals surface area contributed by atoms with Gasteiger partial charge in [0.25, 0.3) is 0 Å². The van der Waals surface area contributed by atoms with Gasteiger partial charge in [-0.1, -0.05) is 12.1 Å². The Morgan fingerprint density at radius 3 is 2.88 bits per heavy atom. The zero-order chi connectivity index (χ0) is 11.7. The van der Waals surface area contributed by atoms with Crippen LogP contribution in [0.3, 0.4) is 0 Å². The van der Waals surface area contributed by atoms with Crippen LogP contribution in [0.5, 0.6) is 5.75 Å². The molecule has 1 aromatic rings. The van der Waals surface area contributed by atoms with Gasteiger partial charge >= 0.3 is 0 Å². The summed E-state index contributed by atoms with van der Waals surface area (Å²) in [4.78, 5) is 0. The lowest BCUT2D eigenvalue weighted by Gasteiger charge is -2.36.